The van der Waals surface area contributed by atoms with E-state index in [1.807, 2.05) is 66.4 Å². The summed E-state index contributed by atoms with van der Waals surface area (Å²) in [5.41, 5.74) is 1.84. The van der Waals surface area contributed by atoms with Gasteiger partial charge in [-0.25, -0.2) is 0 Å². The van der Waals surface area contributed by atoms with Crippen molar-refractivity contribution in [1.29, 1.82) is 0 Å². The van der Waals surface area contributed by atoms with Gasteiger partial charge >= 0.3 is 0 Å². The van der Waals surface area contributed by atoms with Crippen LogP contribution in [0.5, 0.6) is 5.75 Å². The number of hydrogen-bond acceptors (Lipinski definition) is 5. The molecule has 1 atom stereocenters. The molecule has 1 unspecified atom stereocenters. The molecule has 1 saturated heterocycles. The normalized spacial score (nSPS) is 16.7. The Morgan fingerprint density at radius 1 is 1.15 bits per heavy atom. The van der Waals surface area contributed by atoms with E-state index >= 15 is 0 Å². The number of carbonyl (C=O) groups excluding carboxylic acids is 1. The van der Waals surface area contributed by atoms with Crippen LogP contribution in [0.4, 0.5) is 5.69 Å². The second-order valence-electron chi connectivity index (χ2n) is 6.39. The quantitative estimate of drug-likeness (QED) is 0.648. The number of hydrogen-bond donors (Lipinski definition) is 2. The Hall–Kier alpha value is -2.02. The SMILES string of the molecule is O=C(CC1CSCCN1)Nc1cccc(COCCOc2ccccc2)c1. The van der Waals surface area contributed by atoms with E-state index in [-0.39, 0.29) is 11.9 Å². The smallest absolute Gasteiger partial charge is 0.225 e. The van der Waals surface area contributed by atoms with E-state index in [1.54, 1.807) is 0 Å². The number of para-hydroxylation sites is 1. The molecular formula is C21H26N2O3S. The molecule has 1 aliphatic heterocycles. The van der Waals surface area contributed by atoms with Crippen LogP contribution in [0.2, 0.25) is 0 Å². The van der Waals surface area contributed by atoms with Gasteiger partial charge in [0.05, 0.1) is 13.2 Å². The lowest BCUT2D eigenvalue weighted by Gasteiger charge is -2.22. The van der Waals surface area contributed by atoms with E-state index in [9.17, 15) is 4.79 Å². The topological polar surface area (TPSA) is 59.6 Å². The molecule has 1 amide bonds. The fourth-order valence-electron chi connectivity index (χ4n) is 2.85. The molecule has 2 aromatic rings. The standard InChI is InChI=1S/C21H26N2O3S/c24-21(14-19-16-27-12-9-22-19)23-18-6-4-5-17(13-18)15-25-10-11-26-20-7-2-1-3-8-20/h1-8,13,19,22H,9-12,14-16H2,(H,23,24). The second-order valence-corrected chi connectivity index (χ2v) is 7.54. The summed E-state index contributed by atoms with van der Waals surface area (Å²) in [7, 11) is 0. The zero-order chi connectivity index (χ0) is 18.7. The molecule has 1 heterocycles. The predicted molar refractivity (Wildman–Crippen MR) is 110 cm³/mol. The maximum absolute atomic E-state index is 12.2. The van der Waals surface area contributed by atoms with Crippen LogP contribution in [0.3, 0.4) is 0 Å². The van der Waals surface area contributed by atoms with Crippen LogP contribution in [0.25, 0.3) is 0 Å². The van der Waals surface area contributed by atoms with Gasteiger partial charge in [-0.3, -0.25) is 4.79 Å². The highest BCUT2D eigenvalue weighted by Gasteiger charge is 2.16. The number of thioether (sulfide) groups is 1. The predicted octanol–water partition coefficient (Wildman–Crippen LogP) is 3.32. The van der Waals surface area contributed by atoms with Crippen LogP contribution in [-0.4, -0.2) is 43.2 Å². The highest BCUT2D eigenvalue weighted by molar-refractivity contribution is 7.99. The van der Waals surface area contributed by atoms with E-state index in [4.69, 9.17) is 9.47 Å². The van der Waals surface area contributed by atoms with Crippen molar-refractivity contribution < 1.29 is 14.3 Å². The zero-order valence-electron chi connectivity index (χ0n) is 15.4. The zero-order valence-corrected chi connectivity index (χ0v) is 16.2. The summed E-state index contributed by atoms with van der Waals surface area (Å²) in [5, 5.41) is 6.37. The fourth-order valence-corrected chi connectivity index (χ4v) is 3.80. The Morgan fingerprint density at radius 3 is 2.85 bits per heavy atom. The molecule has 0 spiro atoms. The van der Waals surface area contributed by atoms with Crippen molar-refractivity contribution in [2.75, 3.05) is 36.6 Å². The van der Waals surface area contributed by atoms with Gasteiger partial charge in [0.2, 0.25) is 5.91 Å². The number of anilines is 1. The van der Waals surface area contributed by atoms with Crippen molar-refractivity contribution in [2.24, 2.45) is 0 Å². The lowest BCUT2D eigenvalue weighted by Crippen LogP contribution is -2.39. The number of amides is 1. The summed E-state index contributed by atoms with van der Waals surface area (Å²) >= 11 is 1.90. The van der Waals surface area contributed by atoms with Gasteiger partial charge in [-0.1, -0.05) is 30.3 Å². The van der Waals surface area contributed by atoms with Crippen LogP contribution in [0.15, 0.2) is 54.6 Å². The molecule has 1 aliphatic rings. The van der Waals surface area contributed by atoms with Crippen molar-refractivity contribution >= 4 is 23.4 Å². The molecule has 2 N–H and O–H groups in total. The van der Waals surface area contributed by atoms with E-state index in [0.29, 0.717) is 26.2 Å². The third kappa shape index (κ3) is 7.25. The summed E-state index contributed by atoms with van der Waals surface area (Å²) in [5.74, 6) is 3.00. The second kappa shape index (κ2) is 11.0. The first-order chi connectivity index (χ1) is 13.3. The van der Waals surface area contributed by atoms with Gasteiger partial charge in [0.25, 0.3) is 0 Å². The molecule has 0 aliphatic carbocycles. The van der Waals surface area contributed by atoms with E-state index in [1.165, 1.54) is 0 Å². The minimum absolute atomic E-state index is 0.0457. The molecule has 0 aromatic heterocycles. The van der Waals surface area contributed by atoms with Gasteiger partial charge in [-0.15, -0.1) is 0 Å². The molecule has 3 rings (SSSR count). The summed E-state index contributed by atoms with van der Waals surface area (Å²) in [6.07, 6.45) is 0.505. The van der Waals surface area contributed by atoms with Crippen molar-refractivity contribution in [1.82, 2.24) is 5.32 Å². The Bertz CT molecular complexity index is 706. The van der Waals surface area contributed by atoms with Crippen LogP contribution in [0, 0.1) is 0 Å². The van der Waals surface area contributed by atoms with Crippen LogP contribution in [-0.2, 0) is 16.1 Å². The lowest BCUT2D eigenvalue weighted by atomic mass is 10.2. The molecule has 27 heavy (non-hydrogen) atoms. The number of carbonyl (C=O) groups is 1. The number of rotatable bonds is 9. The molecule has 6 heteroatoms. The van der Waals surface area contributed by atoms with Gasteiger partial charge in [0, 0.05) is 36.2 Å². The maximum atomic E-state index is 12.2. The third-order valence-corrected chi connectivity index (χ3v) is 5.28. The number of benzene rings is 2. The number of ether oxygens (including phenoxy) is 2. The van der Waals surface area contributed by atoms with Gasteiger partial charge in [0.15, 0.2) is 0 Å². The molecule has 5 nitrogen and oxygen atoms in total. The Labute approximate surface area is 164 Å². The summed E-state index contributed by atoms with van der Waals surface area (Å²) in [6.45, 7) is 2.48. The molecule has 1 fully saturated rings. The van der Waals surface area contributed by atoms with Gasteiger partial charge < -0.3 is 20.1 Å². The maximum Gasteiger partial charge on any atom is 0.225 e. The fraction of sp³-hybridized carbons (Fsp3) is 0.381. The summed E-state index contributed by atoms with van der Waals surface area (Å²) < 4.78 is 11.3. The Morgan fingerprint density at radius 2 is 2.04 bits per heavy atom. The monoisotopic (exact) mass is 386 g/mol. The summed E-state index contributed by atoms with van der Waals surface area (Å²) in [4.78, 5) is 12.2. The number of nitrogens with one attached hydrogen (secondary N) is 2. The molecule has 144 valence electrons. The minimum Gasteiger partial charge on any atom is -0.491 e. The first-order valence-electron chi connectivity index (χ1n) is 9.25. The lowest BCUT2D eigenvalue weighted by molar-refractivity contribution is -0.116. The van der Waals surface area contributed by atoms with Gasteiger partial charge in [0.1, 0.15) is 12.4 Å². The molecule has 0 saturated carbocycles. The van der Waals surface area contributed by atoms with Crippen LogP contribution < -0.4 is 15.4 Å². The molecule has 0 bridgehead atoms. The highest BCUT2D eigenvalue weighted by Crippen LogP contribution is 2.14. The van der Waals surface area contributed by atoms with E-state index in [0.717, 1.165) is 35.1 Å². The highest BCUT2D eigenvalue weighted by atomic mass is 32.2. The van der Waals surface area contributed by atoms with Crippen molar-refractivity contribution in [3.8, 4) is 5.75 Å². The molecule has 2 aromatic carbocycles. The third-order valence-electron chi connectivity index (χ3n) is 4.15. The Kier molecular flexibility index (Phi) is 8.02. The van der Waals surface area contributed by atoms with Crippen molar-refractivity contribution in [2.45, 2.75) is 19.1 Å². The first-order valence-corrected chi connectivity index (χ1v) is 10.4. The average molecular weight is 387 g/mol. The van der Waals surface area contributed by atoms with Crippen LogP contribution in [0.1, 0.15) is 12.0 Å². The minimum atomic E-state index is 0.0457. The first kappa shape index (κ1) is 19.7. The van der Waals surface area contributed by atoms with Crippen molar-refractivity contribution in [3.63, 3.8) is 0 Å². The van der Waals surface area contributed by atoms with E-state index < -0.39 is 0 Å². The molecular weight excluding hydrogens is 360 g/mol. The van der Waals surface area contributed by atoms with Gasteiger partial charge in [-0.2, -0.15) is 11.8 Å². The van der Waals surface area contributed by atoms with Gasteiger partial charge in [-0.05, 0) is 29.8 Å². The largest absolute Gasteiger partial charge is 0.491 e. The summed E-state index contributed by atoms with van der Waals surface area (Å²) in [6, 6.07) is 17.7. The average Bonchev–Trinajstić information content (AvgIpc) is 2.69. The van der Waals surface area contributed by atoms with Crippen LogP contribution >= 0.6 is 11.8 Å². The Balaban J connectivity index is 1.37. The van der Waals surface area contributed by atoms with E-state index in [2.05, 4.69) is 10.6 Å². The molecule has 0 radical (unpaired) electrons. The van der Waals surface area contributed by atoms with Crippen molar-refractivity contribution in [3.05, 3.63) is 60.2 Å².